The van der Waals surface area contributed by atoms with Crippen LogP contribution in [0.4, 0.5) is 0 Å². The fourth-order valence-electron chi connectivity index (χ4n) is 1.19. The quantitative estimate of drug-likeness (QED) is 0.634. The zero-order chi connectivity index (χ0) is 12.8. The number of carboxylic acids is 1. The van der Waals surface area contributed by atoms with Gasteiger partial charge in [0.15, 0.2) is 0 Å². The lowest BCUT2D eigenvalue weighted by Crippen LogP contribution is -1.98. The lowest BCUT2D eigenvalue weighted by atomic mass is 10.1. The Morgan fingerprint density at radius 1 is 1.24 bits per heavy atom. The van der Waals surface area contributed by atoms with Crippen LogP contribution in [0, 0.1) is 0 Å². The summed E-state index contributed by atoms with van der Waals surface area (Å²) in [7, 11) is 2.70. The van der Waals surface area contributed by atoms with Crippen LogP contribution in [0.2, 0.25) is 0 Å². The number of rotatable bonds is 4. The van der Waals surface area contributed by atoms with Crippen LogP contribution in [0.15, 0.2) is 24.3 Å². The molecule has 0 aliphatic heterocycles. The van der Waals surface area contributed by atoms with E-state index in [0.717, 1.165) is 0 Å². The van der Waals surface area contributed by atoms with Crippen molar-refractivity contribution in [3.63, 3.8) is 0 Å². The van der Waals surface area contributed by atoms with Crippen LogP contribution in [-0.2, 0) is 9.53 Å². The van der Waals surface area contributed by atoms with Gasteiger partial charge in [-0.15, -0.1) is 0 Å². The molecule has 90 valence electrons. The molecule has 1 aromatic rings. The minimum atomic E-state index is -1.06. The van der Waals surface area contributed by atoms with Crippen molar-refractivity contribution >= 4 is 18.0 Å². The highest BCUT2D eigenvalue weighted by Crippen LogP contribution is 2.18. The zero-order valence-electron chi connectivity index (χ0n) is 9.47. The Morgan fingerprint density at radius 2 is 1.94 bits per heavy atom. The van der Waals surface area contributed by atoms with E-state index >= 15 is 0 Å². The first-order valence-corrected chi connectivity index (χ1v) is 4.75. The molecule has 0 radical (unpaired) electrons. The van der Waals surface area contributed by atoms with E-state index in [0.29, 0.717) is 11.3 Å². The molecule has 0 amide bonds. The van der Waals surface area contributed by atoms with E-state index in [4.69, 9.17) is 9.84 Å². The summed E-state index contributed by atoms with van der Waals surface area (Å²) in [5.74, 6) is -1.16. The predicted octanol–water partition coefficient (Wildman–Crippen LogP) is 1.58. The largest absolute Gasteiger partial charge is 0.497 e. The molecule has 17 heavy (non-hydrogen) atoms. The molecular formula is C12H12O5. The smallest absolute Gasteiger partial charge is 0.335 e. The zero-order valence-corrected chi connectivity index (χ0v) is 9.47. The van der Waals surface area contributed by atoms with Gasteiger partial charge in [0, 0.05) is 6.08 Å². The number of methoxy groups -OCH3 is 2. The number of hydrogen-bond acceptors (Lipinski definition) is 4. The minimum Gasteiger partial charge on any atom is -0.497 e. The number of hydrogen-bond donors (Lipinski definition) is 1. The molecule has 0 bridgehead atoms. The van der Waals surface area contributed by atoms with Crippen molar-refractivity contribution < 1.29 is 24.2 Å². The highest BCUT2D eigenvalue weighted by atomic mass is 16.5. The van der Waals surface area contributed by atoms with E-state index in [1.54, 1.807) is 6.07 Å². The average molecular weight is 236 g/mol. The Balaban J connectivity index is 3.07. The molecule has 5 nitrogen and oxygen atoms in total. The summed E-state index contributed by atoms with van der Waals surface area (Å²) < 4.78 is 9.40. The fourth-order valence-corrected chi connectivity index (χ4v) is 1.19. The van der Waals surface area contributed by atoms with Crippen LogP contribution < -0.4 is 4.74 Å². The van der Waals surface area contributed by atoms with E-state index in [1.165, 1.54) is 38.5 Å². The first kappa shape index (κ1) is 12.8. The minimum absolute atomic E-state index is 0.0915. The maximum Gasteiger partial charge on any atom is 0.335 e. The van der Waals surface area contributed by atoms with Crippen molar-refractivity contribution in [1.82, 2.24) is 0 Å². The Bertz CT molecular complexity index is 462. The van der Waals surface area contributed by atoms with Crippen LogP contribution in [0.5, 0.6) is 5.75 Å². The monoisotopic (exact) mass is 236 g/mol. The summed E-state index contributed by atoms with van der Waals surface area (Å²) >= 11 is 0. The molecule has 0 aliphatic rings. The lowest BCUT2D eigenvalue weighted by Gasteiger charge is -2.03. The van der Waals surface area contributed by atoms with E-state index < -0.39 is 11.9 Å². The number of carbonyl (C=O) groups is 2. The number of esters is 1. The molecule has 5 heteroatoms. The standard InChI is InChI=1S/C12H12O5/c1-16-10-6-8(3-4-11(13)17-2)5-9(7-10)12(14)15/h3-7H,1-2H3,(H,14,15). The van der Waals surface area contributed by atoms with Crippen molar-refractivity contribution in [2.24, 2.45) is 0 Å². The molecule has 1 N–H and O–H groups in total. The molecule has 1 rings (SSSR count). The predicted molar refractivity (Wildman–Crippen MR) is 61.0 cm³/mol. The van der Waals surface area contributed by atoms with Crippen molar-refractivity contribution in [2.75, 3.05) is 14.2 Å². The summed E-state index contributed by atoms with van der Waals surface area (Å²) in [5, 5.41) is 8.88. The van der Waals surface area contributed by atoms with Crippen LogP contribution in [-0.4, -0.2) is 31.3 Å². The Labute approximate surface area is 98.3 Å². The van der Waals surface area contributed by atoms with Crippen molar-refractivity contribution in [2.45, 2.75) is 0 Å². The van der Waals surface area contributed by atoms with Gasteiger partial charge in [0.25, 0.3) is 0 Å². The van der Waals surface area contributed by atoms with Crippen molar-refractivity contribution in [3.05, 3.63) is 35.4 Å². The van der Waals surface area contributed by atoms with Crippen LogP contribution in [0.1, 0.15) is 15.9 Å². The van der Waals surface area contributed by atoms with E-state index in [1.807, 2.05) is 0 Å². The number of aromatic carboxylic acids is 1. The molecule has 0 fully saturated rings. The molecule has 0 spiro atoms. The van der Waals surface area contributed by atoms with Gasteiger partial charge < -0.3 is 14.6 Å². The highest BCUT2D eigenvalue weighted by molar-refractivity contribution is 5.90. The van der Waals surface area contributed by atoms with Gasteiger partial charge in [-0.3, -0.25) is 0 Å². The molecule has 1 aromatic carbocycles. The number of ether oxygens (including phenoxy) is 2. The highest BCUT2D eigenvalue weighted by Gasteiger charge is 2.06. The third-order valence-electron chi connectivity index (χ3n) is 2.02. The molecule has 0 aliphatic carbocycles. The Hall–Kier alpha value is -2.30. The summed E-state index contributed by atoms with van der Waals surface area (Å²) in [6, 6.07) is 4.45. The fraction of sp³-hybridized carbons (Fsp3) is 0.167. The summed E-state index contributed by atoms with van der Waals surface area (Å²) in [6.45, 7) is 0. The second-order valence-electron chi connectivity index (χ2n) is 3.16. The Kier molecular flexibility index (Phi) is 4.28. The second kappa shape index (κ2) is 5.69. The van der Waals surface area contributed by atoms with E-state index in [9.17, 15) is 9.59 Å². The van der Waals surface area contributed by atoms with Gasteiger partial charge in [0.2, 0.25) is 0 Å². The molecule has 0 unspecified atom stereocenters. The molecule has 0 saturated carbocycles. The third kappa shape index (κ3) is 3.64. The van der Waals surface area contributed by atoms with E-state index in [2.05, 4.69) is 4.74 Å². The van der Waals surface area contributed by atoms with Crippen LogP contribution in [0.3, 0.4) is 0 Å². The second-order valence-corrected chi connectivity index (χ2v) is 3.16. The van der Waals surface area contributed by atoms with E-state index in [-0.39, 0.29) is 5.56 Å². The third-order valence-corrected chi connectivity index (χ3v) is 2.02. The number of carbonyl (C=O) groups excluding carboxylic acids is 1. The summed E-state index contributed by atoms with van der Waals surface area (Å²) in [5.41, 5.74) is 0.640. The molecule has 0 saturated heterocycles. The van der Waals surface area contributed by atoms with Gasteiger partial charge in [0.05, 0.1) is 19.8 Å². The lowest BCUT2D eigenvalue weighted by molar-refractivity contribution is -0.134. The average Bonchev–Trinajstić information content (AvgIpc) is 2.35. The Morgan fingerprint density at radius 3 is 2.47 bits per heavy atom. The van der Waals surface area contributed by atoms with Gasteiger partial charge in [-0.25, -0.2) is 9.59 Å². The van der Waals surface area contributed by atoms with Crippen molar-refractivity contribution in [3.8, 4) is 5.75 Å². The molecular weight excluding hydrogens is 224 g/mol. The molecule has 0 aromatic heterocycles. The first-order chi connectivity index (χ1) is 8.06. The number of benzene rings is 1. The van der Waals surface area contributed by atoms with Gasteiger partial charge in [-0.1, -0.05) is 0 Å². The van der Waals surface area contributed by atoms with Gasteiger partial charge in [-0.2, -0.15) is 0 Å². The normalized spacial score (nSPS) is 10.2. The summed E-state index contributed by atoms with van der Waals surface area (Å²) in [6.07, 6.45) is 2.67. The topological polar surface area (TPSA) is 72.8 Å². The maximum absolute atomic E-state index is 10.9. The van der Waals surface area contributed by atoms with Crippen LogP contribution in [0.25, 0.3) is 6.08 Å². The molecule has 0 heterocycles. The molecule has 0 atom stereocenters. The first-order valence-electron chi connectivity index (χ1n) is 4.75. The SMILES string of the molecule is COC(=O)C=Cc1cc(OC)cc(C(=O)O)c1. The van der Waals surface area contributed by atoms with Crippen molar-refractivity contribution in [1.29, 1.82) is 0 Å². The van der Waals surface area contributed by atoms with Gasteiger partial charge >= 0.3 is 11.9 Å². The van der Waals surface area contributed by atoms with Gasteiger partial charge in [0.1, 0.15) is 5.75 Å². The number of carboxylic acid groups (broad SMARTS) is 1. The van der Waals surface area contributed by atoms with Gasteiger partial charge in [-0.05, 0) is 29.8 Å². The summed E-state index contributed by atoms with van der Waals surface area (Å²) in [4.78, 5) is 21.7. The van der Waals surface area contributed by atoms with Crippen LogP contribution >= 0.6 is 0 Å². The maximum atomic E-state index is 10.9.